The Hall–Kier alpha value is -2.12. The topological polar surface area (TPSA) is 84.0 Å². The zero-order valence-corrected chi connectivity index (χ0v) is 18.5. The van der Waals surface area contributed by atoms with Gasteiger partial charge in [0, 0.05) is 45.0 Å². The monoisotopic (exact) mass is 418 g/mol. The summed E-state index contributed by atoms with van der Waals surface area (Å²) >= 11 is 0. The summed E-state index contributed by atoms with van der Waals surface area (Å²) in [6, 6.07) is 7.63. The van der Waals surface area contributed by atoms with Crippen LogP contribution < -0.4 is 16.0 Å². The molecule has 1 atom stereocenters. The Morgan fingerprint density at radius 1 is 1.20 bits per heavy atom. The fraction of sp³-hybridized carbons (Fsp3) is 0.652. The van der Waals surface area contributed by atoms with Crippen LogP contribution in [0.1, 0.15) is 61.9 Å². The van der Waals surface area contributed by atoms with Crippen LogP contribution in [0.3, 0.4) is 0 Å². The van der Waals surface area contributed by atoms with Crippen molar-refractivity contribution in [2.24, 2.45) is 4.99 Å². The van der Waals surface area contributed by atoms with Crippen molar-refractivity contribution in [2.75, 3.05) is 39.5 Å². The highest BCUT2D eigenvalue weighted by atomic mass is 16.5. The first-order valence-corrected chi connectivity index (χ1v) is 11.3. The molecule has 0 spiro atoms. The van der Waals surface area contributed by atoms with Crippen LogP contribution in [0, 0.1) is 0 Å². The van der Waals surface area contributed by atoms with E-state index in [9.17, 15) is 4.79 Å². The third kappa shape index (κ3) is 9.59. The lowest BCUT2D eigenvalue weighted by Crippen LogP contribution is -2.38. The number of carbonyl (C=O) groups is 1. The van der Waals surface area contributed by atoms with E-state index in [1.807, 2.05) is 31.2 Å². The molecule has 7 nitrogen and oxygen atoms in total. The van der Waals surface area contributed by atoms with Crippen molar-refractivity contribution in [2.45, 2.75) is 58.6 Å². The number of guanidine groups is 1. The van der Waals surface area contributed by atoms with Gasteiger partial charge in [-0.25, -0.2) is 4.99 Å². The SMILES string of the molecule is CCCCOCCCNC(=NCc1cccc(C(=O)NCC2CCCO2)c1)NCC. The van der Waals surface area contributed by atoms with Gasteiger partial charge in [-0.2, -0.15) is 0 Å². The lowest BCUT2D eigenvalue weighted by Gasteiger charge is -2.12. The van der Waals surface area contributed by atoms with Gasteiger partial charge in [-0.3, -0.25) is 4.79 Å². The van der Waals surface area contributed by atoms with Crippen molar-refractivity contribution in [1.82, 2.24) is 16.0 Å². The Bertz CT molecular complexity index is 645. The zero-order chi connectivity index (χ0) is 21.4. The molecule has 0 aliphatic carbocycles. The number of rotatable bonds is 13. The van der Waals surface area contributed by atoms with E-state index in [0.717, 1.165) is 76.5 Å². The Morgan fingerprint density at radius 3 is 2.83 bits per heavy atom. The molecule has 7 heteroatoms. The predicted molar refractivity (Wildman–Crippen MR) is 121 cm³/mol. The number of nitrogens with one attached hydrogen (secondary N) is 3. The lowest BCUT2D eigenvalue weighted by molar-refractivity contribution is 0.0857. The van der Waals surface area contributed by atoms with E-state index in [2.05, 4.69) is 27.9 Å². The summed E-state index contributed by atoms with van der Waals surface area (Å²) in [5.74, 6) is 0.712. The summed E-state index contributed by atoms with van der Waals surface area (Å²) in [4.78, 5) is 17.1. The summed E-state index contributed by atoms with van der Waals surface area (Å²) in [6.45, 7) is 9.28. The van der Waals surface area contributed by atoms with Crippen molar-refractivity contribution in [3.63, 3.8) is 0 Å². The van der Waals surface area contributed by atoms with Gasteiger partial charge in [-0.05, 0) is 50.3 Å². The van der Waals surface area contributed by atoms with Crippen LogP contribution in [0.15, 0.2) is 29.3 Å². The van der Waals surface area contributed by atoms with Crippen LogP contribution in [0.2, 0.25) is 0 Å². The molecule has 1 aromatic carbocycles. The molecule has 1 unspecified atom stereocenters. The third-order valence-electron chi connectivity index (χ3n) is 4.87. The molecule has 1 aliphatic rings. The average molecular weight is 419 g/mol. The highest BCUT2D eigenvalue weighted by molar-refractivity contribution is 5.94. The first kappa shape index (κ1) is 24.2. The minimum absolute atomic E-state index is 0.0653. The molecule has 1 fully saturated rings. The first-order chi connectivity index (χ1) is 14.7. The van der Waals surface area contributed by atoms with Crippen molar-refractivity contribution in [3.05, 3.63) is 35.4 Å². The first-order valence-electron chi connectivity index (χ1n) is 11.3. The number of ether oxygens (including phenoxy) is 2. The van der Waals surface area contributed by atoms with Gasteiger partial charge in [-0.15, -0.1) is 0 Å². The van der Waals surface area contributed by atoms with Gasteiger partial charge in [0.15, 0.2) is 5.96 Å². The van der Waals surface area contributed by atoms with Crippen molar-refractivity contribution >= 4 is 11.9 Å². The van der Waals surface area contributed by atoms with Gasteiger partial charge in [0.1, 0.15) is 0 Å². The highest BCUT2D eigenvalue weighted by Crippen LogP contribution is 2.11. The third-order valence-corrected chi connectivity index (χ3v) is 4.87. The number of amides is 1. The van der Waals surface area contributed by atoms with E-state index in [1.165, 1.54) is 0 Å². The quantitative estimate of drug-likeness (QED) is 0.261. The number of aliphatic imine (C=N–C) groups is 1. The maximum atomic E-state index is 12.4. The van der Waals surface area contributed by atoms with Crippen molar-refractivity contribution < 1.29 is 14.3 Å². The van der Waals surface area contributed by atoms with Gasteiger partial charge in [0.05, 0.1) is 12.6 Å². The average Bonchev–Trinajstić information content (AvgIpc) is 3.29. The number of hydrogen-bond donors (Lipinski definition) is 3. The van der Waals surface area contributed by atoms with Crippen LogP contribution in [-0.2, 0) is 16.0 Å². The fourth-order valence-electron chi connectivity index (χ4n) is 3.17. The van der Waals surface area contributed by atoms with Crippen molar-refractivity contribution in [1.29, 1.82) is 0 Å². The van der Waals surface area contributed by atoms with E-state index in [4.69, 9.17) is 9.47 Å². The van der Waals surface area contributed by atoms with Crippen LogP contribution in [0.5, 0.6) is 0 Å². The molecular formula is C23H38N4O3. The van der Waals surface area contributed by atoms with Gasteiger partial charge in [0.2, 0.25) is 0 Å². The summed E-state index contributed by atoms with van der Waals surface area (Å²) in [6.07, 6.45) is 5.44. The molecule has 0 aromatic heterocycles. The molecule has 1 amide bonds. The molecule has 1 heterocycles. The minimum atomic E-state index is -0.0653. The molecule has 168 valence electrons. The smallest absolute Gasteiger partial charge is 0.251 e. The van der Waals surface area contributed by atoms with Gasteiger partial charge in [0.25, 0.3) is 5.91 Å². The van der Waals surface area contributed by atoms with Crippen LogP contribution in [0.25, 0.3) is 0 Å². The predicted octanol–water partition coefficient (Wildman–Crippen LogP) is 2.86. The van der Waals surface area contributed by atoms with Gasteiger partial charge in [-0.1, -0.05) is 25.5 Å². The van der Waals surface area contributed by atoms with E-state index in [-0.39, 0.29) is 12.0 Å². The molecule has 1 aromatic rings. The normalized spacial score (nSPS) is 16.5. The number of nitrogens with zero attached hydrogens (tertiary/aromatic N) is 1. The molecule has 0 radical (unpaired) electrons. The number of hydrogen-bond acceptors (Lipinski definition) is 4. The van der Waals surface area contributed by atoms with Gasteiger partial charge >= 0.3 is 0 Å². The largest absolute Gasteiger partial charge is 0.381 e. The number of benzene rings is 1. The van der Waals surface area contributed by atoms with E-state index >= 15 is 0 Å². The standard InChI is InChI=1S/C23H38N4O3/c1-3-5-13-29-14-8-12-25-23(24-4-2)27-17-19-9-6-10-20(16-19)22(28)26-18-21-11-7-15-30-21/h6,9-10,16,21H,3-5,7-8,11-15,17-18H2,1-2H3,(H,26,28)(H2,24,25,27). The zero-order valence-electron chi connectivity index (χ0n) is 18.5. The second kappa shape index (κ2) is 14.8. The summed E-state index contributed by atoms with van der Waals surface area (Å²) in [5, 5.41) is 9.56. The summed E-state index contributed by atoms with van der Waals surface area (Å²) in [5.41, 5.74) is 1.66. The van der Waals surface area contributed by atoms with Crippen LogP contribution in [-0.4, -0.2) is 57.4 Å². The van der Waals surface area contributed by atoms with Gasteiger partial charge < -0.3 is 25.4 Å². The second-order valence-electron chi connectivity index (χ2n) is 7.49. The Kier molecular flexibility index (Phi) is 11.9. The molecule has 2 rings (SSSR count). The Morgan fingerprint density at radius 2 is 2.07 bits per heavy atom. The highest BCUT2D eigenvalue weighted by Gasteiger charge is 2.16. The molecule has 1 aliphatic heterocycles. The number of unbranched alkanes of at least 4 members (excludes halogenated alkanes) is 1. The second-order valence-corrected chi connectivity index (χ2v) is 7.49. The lowest BCUT2D eigenvalue weighted by atomic mass is 10.1. The Labute approximate surface area is 181 Å². The molecule has 30 heavy (non-hydrogen) atoms. The van der Waals surface area contributed by atoms with E-state index in [0.29, 0.717) is 18.7 Å². The summed E-state index contributed by atoms with van der Waals surface area (Å²) in [7, 11) is 0. The molecule has 3 N–H and O–H groups in total. The maximum absolute atomic E-state index is 12.4. The fourth-order valence-corrected chi connectivity index (χ4v) is 3.17. The summed E-state index contributed by atoms with van der Waals surface area (Å²) < 4.78 is 11.1. The molecule has 0 saturated carbocycles. The molecule has 1 saturated heterocycles. The number of carbonyl (C=O) groups excluding carboxylic acids is 1. The van der Waals surface area contributed by atoms with Crippen LogP contribution in [0.4, 0.5) is 0 Å². The molecular weight excluding hydrogens is 380 g/mol. The van der Waals surface area contributed by atoms with E-state index in [1.54, 1.807) is 0 Å². The van der Waals surface area contributed by atoms with Crippen molar-refractivity contribution in [3.8, 4) is 0 Å². The van der Waals surface area contributed by atoms with E-state index < -0.39 is 0 Å². The Balaban J connectivity index is 1.78. The molecule has 0 bridgehead atoms. The maximum Gasteiger partial charge on any atom is 0.251 e. The minimum Gasteiger partial charge on any atom is -0.381 e. The van der Waals surface area contributed by atoms with Crippen LogP contribution >= 0.6 is 0 Å².